The summed E-state index contributed by atoms with van der Waals surface area (Å²) in [6, 6.07) is 7.06. The second-order valence-electron chi connectivity index (χ2n) is 3.00. The van der Waals surface area contributed by atoms with E-state index in [1.807, 2.05) is 0 Å². The lowest BCUT2D eigenvalue weighted by molar-refractivity contribution is 0.171. The van der Waals surface area contributed by atoms with Gasteiger partial charge in [0.05, 0.1) is 12.7 Å². The van der Waals surface area contributed by atoms with E-state index in [2.05, 4.69) is 5.32 Å². The van der Waals surface area contributed by atoms with Crippen LogP contribution in [0.2, 0.25) is 5.02 Å². The molecule has 0 radical (unpaired) electrons. The number of hydrogen-bond acceptors (Lipinski definition) is 3. The number of aliphatic hydroxyl groups is 2. The molecular formula is C10H14ClNO2. The fourth-order valence-corrected chi connectivity index (χ4v) is 1.25. The maximum atomic E-state index is 9.65. The third-order valence-corrected chi connectivity index (χ3v) is 2.13. The smallest absolute Gasteiger partial charge is 0.0914 e. The Bertz CT molecular complexity index is 263. The van der Waals surface area contributed by atoms with Crippen LogP contribution >= 0.6 is 11.6 Å². The monoisotopic (exact) mass is 215 g/mol. The summed E-state index contributed by atoms with van der Waals surface area (Å²) >= 11 is 5.71. The summed E-state index contributed by atoms with van der Waals surface area (Å²) in [5.41, 5.74) is 0.819. The highest BCUT2D eigenvalue weighted by molar-refractivity contribution is 6.30. The van der Waals surface area contributed by atoms with Crippen LogP contribution in [0.1, 0.15) is 11.7 Å². The van der Waals surface area contributed by atoms with Gasteiger partial charge in [0, 0.05) is 18.1 Å². The van der Waals surface area contributed by atoms with Crippen molar-refractivity contribution in [2.75, 3.05) is 19.7 Å². The van der Waals surface area contributed by atoms with Gasteiger partial charge >= 0.3 is 0 Å². The van der Waals surface area contributed by atoms with Crippen LogP contribution < -0.4 is 5.32 Å². The standard InChI is InChI=1S/C10H14ClNO2/c11-9-3-1-8(2-4-9)10(14)7-12-5-6-13/h1-4,10,12-14H,5-7H2. The molecule has 78 valence electrons. The van der Waals surface area contributed by atoms with E-state index in [-0.39, 0.29) is 6.61 Å². The van der Waals surface area contributed by atoms with Gasteiger partial charge in [-0.2, -0.15) is 0 Å². The van der Waals surface area contributed by atoms with Gasteiger partial charge in [-0.05, 0) is 17.7 Å². The molecule has 0 aliphatic carbocycles. The van der Waals surface area contributed by atoms with E-state index < -0.39 is 6.10 Å². The molecule has 1 atom stereocenters. The van der Waals surface area contributed by atoms with Crippen molar-refractivity contribution in [3.05, 3.63) is 34.9 Å². The van der Waals surface area contributed by atoms with Gasteiger partial charge in [0.1, 0.15) is 0 Å². The first kappa shape index (κ1) is 11.5. The van der Waals surface area contributed by atoms with Crippen molar-refractivity contribution >= 4 is 11.6 Å². The van der Waals surface area contributed by atoms with Crippen LogP contribution in [0.5, 0.6) is 0 Å². The summed E-state index contributed by atoms with van der Waals surface area (Å²) in [6.07, 6.45) is -0.557. The summed E-state index contributed by atoms with van der Waals surface area (Å²) in [6.45, 7) is 1.00. The third kappa shape index (κ3) is 3.64. The first-order chi connectivity index (χ1) is 6.74. The summed E-state index contributed by atoms with van der Waals surface area (Å²) in [5.74, 6) is 0. The summed E-state index contributed by atoms with van der Waals surface area (Å²) < 4.78 is 0. The highest BCUT2D eigenvalue weighted by atomic mass is 35.5. The Kier molecular flexibility index (Phi) is 4.90. The average Bonchev–Trinajstić information content (AvgIpc) is 2.19. The van der Waals surface area contributed by atoms with Crippen molar-refractivity contribution < 1.29 is 10.2 Å². The van der Waals surface area contributed by atoms with Crippen molar-refractivity contribution in [2.45, 2.75) is 6.10 Å². The van der Waals surface area contributed by atoms with Crippen molar-refractivity contribution in [2.24, 2.45) is 0 Å². The second kappa shape index (κ2) is 5.98. The normalized spacial score (nSPS) is 12.8. The molecule has 0 aliphatic rings. The summed E-state index contributed by atoms with van der Waals surface area (Å²) in [7, 11) is 0. The maximum Gasteiger partial charge on any atom is 0.0914 e. The third-order valence-electron chi connectivity index (χ3n) is 1.88. The van der Waals surface area contributed by atoms with Gasteiger partial charge in [-0.25, -0.2) is 0 Å². The first-order valence-electron chi connectivity index (χ1n) is 4.49. The van der Waals surface area contributed by atoms with Crippen LogP contribution in [0, 0.1) is 0 Å². The van der Waals surface area contributed by atoms with E-state index in [0.29, 0.717) is 18.1 Å². The molecule has 0 amide bonds. The van der Waals surface area contributed by atoms with Crippen LogP contribution in [0.4, 0.5) is 0 Å². The zero-order valence-corrected chi connectivity index (χ0v) is 8.54. The van der Waals surface area contributed by atoms with Crippen LogP contribution in [0.3, 0.4) is 0 Å². The fourth-order valence-electron chi connectivity index (χ4n) is 1.12. The number of nitrogens with one attached hydrogen (secondary N) is 1. The van der Waals surface area contributed by atoms with Crippen molar-refractivity contribution in [1.82, 2.24) is 5.32 Å². The highest BCUT2D eigenvalue weighted by Gasteiger charge is 2.05. The van der Waals surface area contributed by atoms with Crippen LogP contribution in [-0.2, 0) is 0 Å². The molecule has 1 aromatic rings. The van der Waals surface area contributed by atoms with E-state index >= 15 is 0 Å². The molecule has 4 heteroatoms. The number of aliphatic hydroxyl groups excluding tert-OH is 2. The van der Waals surface area contributed by atoms with Gasteiger partial charge in [-0.15, -0.1) is 0 Å². The average molecular weight is 216 g/mol. The van der Waals surface area contributed by atoms with E-state index in [1.165, 1.54) is 0 Å². The Balaban J connectivity index is 2.43. The zero-order valence-electron chi connectivity index (χ0n) is 7.78. The summed E-state index contributed by atoms with van der Waals surface area (Å²) in [5, 5.41) is 21.7. The van der Waals surface area contributed by atoms with E-state index in [4.69, 9.17) is 16.7 Å². The Hall–Kier alpha value is -0.610. The fraction of sp³-hybridized carbons (Fsp3) is 0.400. The first-order valence-corrected chi connectivity index (χ1v) is 4.87. The number of hydrogen-bond donors (Lipinski definition) is 3. The molecule has 0 fully saturated rings. The SMILES string of the molecule is OCCNCC(O)c1ccc(Cl)cc1. The lowest BCUT2D eigenvalue weighted by Gasteiger charge is -2.11. The molecule has 0 heterocycles. The molecule has 0 spiro atoms. The predicted octanol–water partition coefficient (Wildman–Crippen LogP) is 0.955. The number of halogens is 1. The Morgan fingerprint density at radius 2 is 1.93 bits per heavy atom. The van der Waals surface area contributed by atoms with E-state index in [1.54, 1.807) is 24.3 Å². The van der Waals surface area contributed by atoms with Gasteiger partial charge in [-0.1, -0.05) is 23.7 Å². The van der Waals surface area contributed by atoms with Gasteiger partial charge < -0.3 is 15.5 Å². The van der Waals surface area contributed by atoms with Crippen molar-refractivity contribution in [3.63, 3.8) is 0 Å². The van der Waals surface area contributed by atoms with E-state index in [0.717, 1.165) is 5.56 Å². The second-order valence-corrected chi connectivity index (χ2v) is 3.43. The minimum atomic E-state index is -0.557. The molecule has 0 bridgehead atoms. The van der Waals surface area contributed by atoms with Crippen LogP contribution in [0.25, 0.3) is 0 Å². The summed E-state index contributed by atoms with van der Waals surface area (Å²) in [4.78, 5) is 0. The lowest BCUT2D eigenvalue weighted by Crippen LogP contribution is -2.24. The van der Waals surface area contributed by atoms with Gasteiger partial charge in [-0.3, -0.25) is 0 Å². The number of rotatable bonds is 5. The highest BCUT2D eigenvalue weighted by Crippen LogP contribution is 2.15. The quantitative estimate of drug-likeness (QED) is 0.642. The van der Waals surface area contributed by atoms with Crippen molar-refractivity contribution in [3.8, 4) is 0 Å². The number of benzene rings is 1. The van der Waals surface area contributed by atoms with Gasteiger partial charge in [0.25, 0.3) is 0 Å². The molecule has 0 aliphatic heterocycles. The molecule has 14 heavy (non-hydrogen) atoms. The largest absolute Gasteiger partial charge is 0.395 e. The molecular weight excluding hydrogens is 202 g/mol. The molecule has 3 nitrogen and oxygen atoms in total. The van der Waals surface area contributed by atoms with Crippen LogP contribution in [-0.4, -0.2) is 29.9 Å². The minimum absolute atomic E-state index is 0.0767. The Morgan fingerprint density at radius 3 is 2.50 bits per heavy atom. The molecule has 1 unspecified atom stereocenters. The molecule has 0 saturated heterocycles. The topological polar surface area (TPSA) is 52.5 Å². The van der Waals surface area contributed by atoms with Gasteiger partial charge in [0.15, 0.2) is 0 Å². The molecule has 0 saturated carbocycles. The Labute approximate surface area is 88.3 Å². The molecule has 3 N–H and O–H groups in total. The molecule has 1 rings (SSSR count). The van der Waals surface area contributed by atoms with Gasteiger partial charge in [0.2, 0.25) is 0 Å². The minimum Gasteiger partial charge on any atom is -0.395 e. The lowest BCUT2D eigenvalue weighted by atomic mass is 10.1. The zero-order chi connectivity index (χ0) is 10.4. The van der Waals surface area contributed by atoms with E-state index in [9.17, 15) is 5.11 Å². The molecule has 0 aromatic heterocycles. The van der Waals surface area contributed by atoms with Crippen molar-refractivity contribution in [1.29, 1.82) is 0 Å². The molecule has 1 aromatic carbocycles. The maximum absolute atomic E-state index is 9.65. The predicted molar refractivity (Wildman–Crippen MR) is 56.4 cm³/mol. The Morgan fingerprint density at radius 1 is 1.29 bits per heavy atom. The van der Waals surface area contributed by atoms with Crippen LogP contribution in [0.15, 0.2) is 24.3 Å².